The average molecular weight is 216 g/mol. The van der Waals surface area contributed by atoms with Crippen LogP contribution in [0.15, 0.2) is 36.7 Å². The number of benzene rings is 1. The predicted octanol–water partition coefficient (Wildman–Crippen LogP) is 2.97. The third-order valence-electron chi connectivity index (χ3n) is 2.20. The Morgan fingerprint density at radius 2 is 2.12 bits per heavy atom. The number of nitrogens with zero attached hydrogens (tertiary/aromatic N) is 2. The summed E-state index contributed by atoms with van der Waals surface area (Å²) in [7, 11) is 0. The Morgan fingerprint density at radius 3 is 2.81 bits per heavy atom. The second kappa shape index (κ2) is 4.39. The van der Waals surface area contributed by atoms with Gasteiger partial charge in [0.25, 0.3) is 0 Å². The summed E-state index contributed by atoms with van der Waals surface area (Å²) in [6.45, 7) is 6.08. The van der Waals surface area contributed by atoms with Crippen LogP contribution in [-0.2, 0) is 0 Å². The molecule has 1 aromatic heterocycles. The second-order valence-corrected chi connectivity index (χ2v) is 4.13. The third-order valence-corrected chi connectivity index (χ3v) is 2.20. The molecule has 0 fully saturated rings. The number of hydrogen-bond acceptors (Lipinski definition) is 2. The van der Waals surface area contributed by atoms with Crippen LogP contribution >= 0.6 is 0 Å². The van der Waals surface area contributed by atoms with Crippen LogP contribution in [0.3, 0.4) is 0 Å². The summed E-state index contributed by atoms with van der Waals surface area (Å²) < 4.78 is 7.39. The van der Waals surface area contributed by atoms with Crippen LogP contribution in [0, 0.1) is 6.92 Å². The maximum absolute atomic E-state index is 5.56. The summed E-state index contributed by atoms with van der Waals surface area (Å²) in [6, 6.07) is 8.21. The fourth-order valence-corrected chi connectivity index (χ4v) is 1.55. The van der Waals surface area contributed by atoms with Gasteiger partial charge in [-0.2, -0.15) is 5.10 Å². The van der Waals surface area contributed by atoms with Crippen LogP contribution < -0.4 is 4.74 Å². The predicted molar refractivity (Wildman–Crippen MR) is 64.1 cm³/mol. The van der Waals surface area contributed by atoms with Gasteiger partial charge < -0.3 is 4.74 Å². The minimum Gasteiger partial charge on any atom is -0.488 e. The number of ether oxygens (including phenoxy) is 1. The van der Waals surface area contributed by atoms with Gasteiger partial charge in [-0.1, -0.05) is 12.1 Å². The van der Waals surface area contributed by atoms with Gasteiger partial charge >= 0.3 is 0 Å². The molecule has 0 aliphatic carbocycles. The van der Waals surface area contributed by atoms with E-state index >= 15 is 0 Å². The molecule has 3 heteroatoms. The molecule has 84 valence electrons. The van der Waals surface area contributed by atoms with Crippen molar-refractivity contribution in [2.75, 3.05) is 0 Å². The summed E-state index contributed by atoms with van der Waals surface area (Å²) in [5, 5.41) is 4.27. The lowest BCUT2D eigenvalue weighted by Gasteiger charge is -2.05. The van der Waals surface area contributed by atoms with Crippen LogP contribution in [0.5, 0.6) is 5.75 Å². The number of rotatable bonds is 3. The van der Waals surface area contributed by atoms with Gasteiger partial charge in [-0.3, -0.25) is 0 Å². The van der Waals surface area contributed by atoms with E-state index in [4.69, 9.17) is 4.74 Å². The van der Waals surface area contributed by atoms with Gasteiger partial charge in [-0.15, -0.1) is 0 Å². The molecule has 0 aliphatic rings. The van der Waals surface area contributed by atoms with Crippen LogP contribution in [0.4, 0.5) is 0 Å². The summed E-state index contributed by atoms with van der Waals surface area (Å²) in [6.07, 6.45) is 3.81. The minimum atomic E-state index is 0.176. The minimum absolute atomic E-state index is 0.176. The van der Waals surface area contributed by atoms with Crippen molar-refractivity contribution in [2.45, 2.75) is 26.9 Å². The quantitative estimate of drug-likeness (QED) is 0.788. The molecule has 0 amide bonds. The summed E-state index contributed by atoms with van der Waals surface area (Å²) in [5.74, 6) is 0.802. The maximum atomic E-state index is 5.56. The van der Waals surface area contributed by atoms with E-state index < -0.39 is 0 Å². The van der Waals surface area contributed by atoms with E-state index in [-0.39, 0.29) is 6.10 Å². The molecule has 0 atom stereocenters. The van der Waals surface area contributed by atoms with Crippen molar-refractivity contribution in [1.82, 2.24) is 9.78 Å². The lowest BCUT2D eigenvalue weighted by atomic mass is 10.2. The molecule has 16 heavy (non-hydrogen) atoms. The molecule has 3 nitrogen and oxygen atoms in total. The van der Waals surface area contributed by atoms with E-state index in [0.29, 0.717) is 0 Å². The molecule has 0 bridgehead atoms. The molecule has 0 unspecified atom stereocenters. The summed E-state index contributed by atoms with van der Waals surface area (Å²) >= 11 is 0. The Kier molecular flexibility index (Phi) is 2.95. The van der Waals surface area contributed by atoms with Crippen LogP contribution in [-0.4, -0.2) is 15.9 Å². The van der Waals surface area contributed by atoms with Gasteiger partial charge in [0.15, 0.2) is 5.75 Å². The summed E-state index contributed by atoms with van der Waals surface area (Å²) in [5.41, 5.74) is 2.28. The van der Waals surface area contributed by atoms with Gasteiger partial charge in [0.2, 0.25) is 0 Å². The molecular formula is C13H16N2O. The highest BCUT2D eigenvalue weighted by Crippen LogP contribution is 2.15. The van der Waals surface area contributed by atoms with E-state index in [1.165, 1.54) is 5.56 Å². The topological polar surface area (TPSA) is 27.1 Å². The fourth-order valence-electron chi connectivity index (χ4n) is 1.55. The first-order valence-corrected chi connectivity index (χ1v) is 5.43. The highest BCUT2D eigenvalue weighted by atomic mass is 16.5. The Balaban J connectivity index is 2.24. The largest absolute Gasteiger partial charge is 0.488 e. The standard InChI is InChI=1S/C13H16N2O/c1-10(2)16-13-8-14-15(9-13)12-6-4-5-11(3)7-12/h4-10H,1-3H3. The van der Waals surface area contributed by atoms with E-state index in [1.54, 1.807) is 6.20 Å². The van der Waals surface area contributed by atoms with Crippen LogP contribution in [0.1, 0.15) is 19.4 Å². The zero-order valence-electron chi connectivity index (χ0n) is 9.84. The molecule has 0 saturated heterocycles. The highest BCUT2D eigenvalue weighted by Gasteiger charge is 2.03. The monoisotopic (exact) mass is 216 g/mol. The summed E-state index contributed by atoms with van der Waals surface area (Å²) in [4.78, 5) is 0. The molecule has 0 N–H and O–H groups in total. The van der Waals surface area contributed by atoms with Crippen molar-refractivity contribution in [3.05, 3.63) is 42.2 Å². The van der Waals surface area contributed by atoms with E-state index in [1.807, 2.05) is 36.9 Å². The van der Waals surface area contributed by atoms with Gasteiger partial charge in [0.05, 0.1) is 24.2 Å². The van der Waals surface area contributed by atoms with E-state index in [9.17, 15) is 0 Å². The lowest BCUT2D eigenvalue weighted by molar-refractivity contribution is 0.242. The highest BCUT2D eigenvalue weighted by molar-refractivity contribution is 5.35. The van der Waals surface area contributed by atoms with Crippen LogP contribution in [0.25, 0.3) is 5.69 Å². The SMILES string of the molecule is Cc1cccc(-n2cc(OC(C)C)cn2)c1. The molecule has 1 aromatic carbocycles. The lowest BCUT2D eigenvalue weighted by Crippen LogP contribution is -2.04. The van der Waals surface area contributed by atoms with Gasteiger partial charge in [-0.25, -0.2) is 4.68 Å². The Morgan fingerprint density at radius 1 is 1.31 bits per heavy atom. The zero-order valence-corrected chi connectivity index (χ0v) is 9.84. The second-order valence-electron chi connectivity index (χ2n) is 4.13. The van der Waals surface area contributed by atoms with E-state index in [2.05, 4.69) is 24.2 Å². The average Bonchev–Trinajstić information content (AvgIpc) is 2.65. The first kappa shape index (κ1) is 10.7. The fraction of sp³-hybridized carbons (Fsp3) is 0.308. The molecule has 2 rings (SSSR count). The molecule has 0 saturated carbocycles. The molecule has 0 radical (unpaired) electrons. The number of hydrogen-bond donors (Lipinski definition) is 0. The molecule has 2 aromatic rings. The first-order chi connectivity index (χ1) is 7.65. The normalized spacial score (nSPS) is 10.8. The Hall–Kier alpha value is -1.77. The van der Waals surface area contributed by atoms with Crippen molar-refractivity contribution in [2.24, 2.45) is 0 Å². The zero-order chi connectivity index (χ0) is 11.5. The molecular weight excluding hydrogens is 200 g/mol. The first-order valence-electron chi connectivity index (χ1n) is 5.43. The van der Waals surface area contributed by atoms with Crippen molar-refractivity contribution >= 4 is 0 Å². The number of aromatic nitrogens is 2. The van der Waals surface area contributed by atoms with Crippen LogP contribution in [0.2, 0.25) is 0 Å². The van der Waals surface area contributed by atoms with Crippen molar-refractivity contribution in [3.63, 3.8) is 0 Å². The molecule has 1 heterocycles. The van der Waals surface area contributed by atoms with Gasteiger partial charge in [0.1, 0.15) is 0 Å². The number of aryl methyl sites for hydroxylation is 1. The van der Waals surface area contributed by atoms with Crippen molar-refractivity contribution < 1.29 is 4.74 Å². The maximum Gasteiger partial charge on any atom is 0.158 e. The van der Waals surface area contributed by atoms with Crippen molar-refractivity contribution in [3.8, 4) is 11.4 Å². The molecule has 0 spiro atoms. The molecule has 0 aliphatic heterocycles. The van der Waals surface area contributed by atoms with Crippen molar-refractivity contribution in [1.29, 1.82) is 0 Å². The smallest absolute Gasteiger partial charge is 0.158 e. The van der Waals surface area contributed by atoms with Gasteiger partial charge in [-0.05, 0) is 38.5 Å². The Labute approximate surface area is 95.7 Å². The van der Waals surface area contributed by atoms with Gasteiger partial charge in [0, 0.05) is 0 Å². The third kappa shape index (κ3) is 2.42. The van der Waals surface area contributed by atoms with E-state index in [0.717, 1.165) is 11.4 Å². The Bertz CT molecular complexity index is 474.